The average Bonchev–Trinajstić information content (AvgIpc) is 2.43. The Morgan fingerprint density at radius 2 is 1.38 bits per heavy atom. The zero-order valence-corrected chi connectivity index (χ0v) is 14.8. The van der Waals surface area contributed by atoms with E-state index in [2.05, 4.69) is 19.1 Å². The number of carbonyl (C=O) groups is 1. The van der Waals surface area contributed by atoms with E-state index in [0.717, 1.165) is 25.7 Å². The molecule has 2 nitrogen and oxygen atoms in total. The number of carboxylic acids is 1. The first-order chi connectivity index (χ1) is 10.0. The van der Waals surface area contributed by atoms with Gasteiger partial charge in [0.05, 0.1) is 0 Å². The molecule has 21 heavy (non-hydrogen) atoms. The average molecular weight is 337 g/mol. The van der Waals surface area contributed by atoms with Gasteiger partial charge in [0.25, 0.3) is 0 Å². The summed E-state index contributed by atoms with van der Waals surface area (Å²) in [4.78, 5) is 10.7. The molecule has 124 valence electrons. The summed E-state index contributed by atoms with van der Waals surface area (Å²) in [5.74, 6) is -1.15. The van der Waals surface area contributed by atoms with Gasteiger partial charge in [0.15, 0.2) is 0 Å². The second-order valence-electron chi connectivity index (χ2n) is 5.64. The van der Waals surface area contributed by atoms with Crippen molar-refractivity contribution >= 4 is 29.2 Å². The summed E-state index contributed by atoms with van der Waals surface area (Å²) in [6.07, 6.45) is 17.9. The maximum Gasteiger partial charge on any atom is 0.340 e. The molecule has 0 radical (unpaired) electrons. The van der Waals surface area contributed by atoms with Crippen molar-refractivity contribution in [2.75, 3.05) is 0 Å². The Bertz CT molecular complexity index is 289. The van der Waals surface area contributed by atoms with E-state index in [1.165, 1.54) is 44.9 Å². The molecule has 0 aliphatic heterocycles. The molecule has 0 spiro atoms. The molecule has 0 aliphatic carbocycles. The Morgan fingerprint density at radius 3 is 1.90 bits per heavy atom. The van der Waals surface area contributed by atoms with Gasteiger partial charge in [-0.05, 0) is 38.5 Å². The van der Waals surface area contributed by atoms with Crippen LogP contribution in [-0.4, -0.2) is 15.4 Å². The number of alkyl halides is 2. The zero-order chi connectivity index (χ0) is 16.0. The number of halogens is 2. The molecule has 1 N–H and O–H groups in total. The van der Waals surface area contributed by atoms with Gasteiger partial charge in [-0.2, -0.15) is 0 Å². The number of carboxylic acid groups (broad SMARTS) is 1. The lowest BCUT2D eigenvalue weighted by Crippen LogP contribution is -2.25. The first-order valence-corrected chi connectivity index (χ1v) is 9.02. The molecule has 0 saturated carbocycles. The Morgan fingerprint density at radius 1 is 0.905 bits per heavy atom. The molecule has 0 aromatic carbocycles. The van der Waals surface area contributed by atoms with Crippen molar-refractivity contribution in [3.8, 4) is 0 Å². The second-order valence-corrected chi connectivity index (χ2v) is 7.12. The minimum Gasteiger partial charge on any atom is -0.479 e. The topological polar surface area (TPSA) is 37.3 Å². The summed E-state index contributed by atoms with van der Waals surface area (Å²) < 4.78 is -1.62. The van der Waals surface area contributed by atoms with Crippen molar-refractivity contribution in [2.24, 2.45) is 0 Å². The molecule has 0 bridgehead atoms. The quantitative estimate of drug-likeness (QED) is 0.223. The highest BCUT2D eigenvalue weighted by atomic mass is 35.5. The van der Waals surface area contributed by atoms with Gasteiger partial charge < -0.3 is 5.11 Å². The second kappa shape index (κ2) is 13.5. The molecule has 0 fully saturated rings. The fourth-order valence-corrected chi connectivity index (χ4v) is 2.44. The van der Waals surface area contributed by atoms with Crippen molar-refractivity contribution < 1.29 is 9.90 Å². The fraction of sp³-hybridized carbons (Fsp3) is 0.824. The van der Waals surface area contributed by atoms with Gasteiger partial charge in [-0.3, -0.25) is 0 Å². The third kappa shape index (κ3) is 13.2. The predicted molar refractivity (Wildman–Crippen MR) is 92.3 cm³/mol. The number of rotatable bonds is 14. The molecule has 0 unspecified atom stereocenters. The molecule has 0 aromatic heterocycles. The third-order valence-corrected chi connectivity index (χ3v) is 4.27. The predicted octanol–water partition coefficient (Wildman–Crippen LogP) is 6.50. The van der Waals surface area contributed by atoms with Crippen LogP contribution in [-0.2, 0) is 4.79 Å². The van der Waals surface area contributed by atoms with Crippen LogP contribution >= 0.6 is 23.2 Å². The Hall–Kier alpha value is -0.210. The van der Waals surface area contributed by atoms with Crippen molar-refractivity contribution in [3.05, 3.63) is 12.2 Å². The van der Waals surface area contributed by atoms with E-state index < -0.39 is 10.3 Å². The van der Waals surface area contributed by atoms with Crippen LogP contribution in [0.1, 0.15) is 84.0 Å². The van der Waals surface area contributed by atoms with Crippen LogP contribution < -0.4 is 0 Å². The number of allylic oxidation sites excluding steroid dienone is 2. The molecule has 0 heterocycles. The Kier molecular flexibility index (Phi) is 13.3. The number of hydrogen-bond acceptors (Lipinski definition) is 1. The minimum atomic E-state index is -1.62. The molecular formula is C17H30Cl2O2. The zero-order valence-electron chi connectivity index (χ0n) is 13.3. The highest BCUT2D eigenvalue weighted by Crippen LogP contribution is 2.28. The lowest BCUT2D eigenvalue weighted by molar-refractivity contribution is -0.138. The summed E-state index contributed by atoms with van der Waals surface area (Å²) in [5.41, 5.74) is 0. The molecule has 0 aromatic rings. The summed E-state index contributed by atoms with van der Waals surface area (Å²) in [6, 6.07) is 0. The van der Waals surface area contributed by atoms with E-state index in [4.69, 9.17) is 28.3 Å². The Balaban J connectivity index is 3.31. The molecule has 0 aliphatic rings. The highest BCUT2D eigenvalue weighted by Gasteiger charge is 2.32. The van der Waals surface area contributed by atoms with Crippen LogP contribution in [0.15, 0.2) is 12.2 Å². The van der Waals surface area contributed by atoms with Crippen LogP contribution in [0.25, 0.3) is 0 Å². The van der Waals surface area contributed by atoms with E-state index in [9.17, 15) is 4.79 Å². The maximum absolute atomic E-state index is 10.7. The van der Waals surface area contributed by atoms with Gasteiger partial charge in [-0.15, -0.1) is 0 Å². The van der Waals surface area contributed by atoms with Gasteiger partial charge >= 0.3 is 5.97 Å². The number of aliphatic carboxylic acids is 1. The first-order valence-electron chi connectivity index (χ1n) is 8.27. The van der Waals surface area contributed by atoms with Gasteiger partial charge in [0.1, 0.15) is 0 Å². The monoisotopic (exact) mass is 336 g/mol. The van der Waals surface area contributed by atoms with E-state index in [1.807, 2.05) is 0 Å². The number of unbranched alkanes of at least 4 members (excludes halogenated alkanes) is 9. The lowest BCUT2D eigenvalue weighted by atomic mass is 10.1. The summed E-state index contributed by atoms with van der Waals surface area (Å²) in [5, 5.41) is 8.76. The van der Waals surface area contributed by atoms with Crippen LogP contribution in [0.5, 0.6) is 0 Å². The smallest absolute Gasteiger partial charge is 0.340 e. The minimum absolute atomic E-state index is 0.312. The van der Waals surface area contributed by atoms with Crippen LogP contribution in [0, 0.1) is 0 Å². The van der Waals surface area contributed by atoms with Crippen molar-refractivity contribution in [2.45, 2.75) is 88.3 Å². The van der Waals surface area contributed by atoms with E-state index in [-0.39, 0.29) is 0 Å². The Labute approximate surface area is 139 Å². The maximum atomic E-state index is 10.7. The molecule has 4 heteroatoms. The van der Waals surface area contributed by atoms with E-state index >= 15 is 0 Å². The summed E-state index contributed by atoms with van der Waals surface area (Å²) >= 11 is 11.3. The van der Waals surface area contributed by atoms with Crippen LogP contribution in [0.2, 0.25) is 0 Å². The molecular weight excluding hydrogens is 307 g/mol. The van der Waals surface area contributed by atoms with Gasteiger partial charge in [-0.25, -0.2) is 4.79 Å². The SMILES string of the molecule is CCCCCCCC/C=C/CCCCCC(Cl)(Cl)C(=O)O. The highest BCUT2D eigenvalue weighted by molar-refractivity contribution is 6.57. The first kappa shape index (κ1) is 20.8. The van der Waals surface area contributed by atoms with Crippen molar-refractivity contribution in [3.63, 3.8) is 0 Å². The van der Waals surface area contributed by atoms with Crippen molar-refractivity contribution in [1.82, 2.24) is 0 Å². The molecule has 0 saturated heterocycles. The van der Waals surface area contributed by atoms with Gasteiger partial charge in [0, 0.05) is 0 Å². The molecule has 0 rings (SSSR count). The van der Waals surface area contributed by atoms with E-state index in [0.29, 0.717) is 6.42 Å². The van der Waals surface area contributed by atoms with E-state index in [1.54, 1.807) is 0 Å². The lowest BCUT2D eigenvalue weighted by Gasteiger charge is -2.12. The fourth-order valence-electron chi connectivity index (χ4n) is 2.17. The summed E-state index contributed by atoms with van der Waals surface area (Å²) in [7, 11) is 0. The van der Waals surface area contributed by atoms with Crippen LogP contribution in [0.4, 0.5) is 0 Å². The normalized spacial score (nSPS) is 12.1. The molecule has 0 atom stereocenters. The largest absolute Gasteiger partial charge is 0.479 e. The molecule has 0 amide bonds. The van der Waals surface area contributed by atoms with Crippen LogP contribution in [0.3, 0.4) is 0 Å². The summed E-state index contributed by atoms with van der Waals surface area (Å²) in [6.45, 7) is 2.24. The standard InChI is InChI=1S/C17H30Cl2O2/c1-2-3-4-5-6-7-8-9-10-11-12-13-14-15-17(18,19)16(20)21/h9-10H,2-8,11-15H2,1H3,(H,20,21)/b10-9+. The van der Waals surface area contributed by atoms with Crippen molar-refractivity contribution in [1.29, 1.82) is 0 Å². The van der Waals surface area contributed by atoms with Gasteiger partial charge in [0.2, 0.25) is 4.33 Å². The van der Waals surface area contributed by atoms with Gasteiger partial charge in [-0.1, -0.05) is 80.8 Å². The number of hydrogen-bond donors (Lipinski definition) is 1. The third-order valence-electron chi connectivity index (χ3n) is 3.57.